The van der Waals surface area contributed by atoms with Crippen LogP contribution in [0.1, 0.15) is 38.0 Å². The Labute approximate surface area is 232 Å². The first-order chi connectivity index (χ1) is 18.6. The molecule has 0 fully saturated rings. The fourth-order valence-electron chi connectivity index (χ4n) is 3.26. The van der Waals surface area contributed by atoms with E-state index in [2.05, 4.69) is 5.32 Å². The number of halogens is 2. The van der Waals surface area contributed by atoms with E-state index in [4.69, 9.17) is 37.4 Å². The summed E-state index contributed by atoms with van der Waals surface area (Å²) in [5.74, 6) is -5.95. The van der Waals surface area contributed by atoms with Gasteiger partial charge in [0.15, 0.2) is 0 Å². The van der Waals surface area contributed by atoms with Crippen molar-refractivity contribution in [2.45, 2.75) is 19.1 Å². The number of esters is 3. The lowest BCUT2D eigenvalue weighted by molar-refractivity contribution is -0.157. The molecule has 3 aromatic rings. The SMILES string of the molecule is CCOC(=O)c1cccc(NC(=O)[C@@H](OC(=O)c2ccccc2Cl)[C@@H](OC(=O)c2ccccc2Cl)C(=O)O)c1. The van der Waals surface area contributed by atoms with Gasteiger partial charge in [-0.05, 0) is 49.4 Å². The molecule has 0 aromatic heterocycles. The molecule has 0 saturated carbocycles. The first-order valence-corrected chi connectivity index (χ1v) is 12.1. The van der Waals surface area contributed by atoms with Crippen molar-refractivity contribution in [3.63, 3.8) is 0 Å². The largest absolute Gasteiger partial charge is 0.478 e. The zero-order valence-corrected chi connectivity index (χ0v) is 21.8. The smallest absolute Gasteiger partial charge is 0.349 e. The Balaban J connectivity index is 1.95. The van der Waals surface area contributed by atoms with Gasteiger partial charge in [0.25, 0.3) is 5.91 Å². The van der Waals surface area contributed by atoms with Crippen molar-refractivity contribution in [1.82, 2.24) is 0 Å². The molecule has 2 N–H and O–H groups in total. The summed E-state index contributed by atoms with van der Waals surface area (Å²) < 4.78 is 15.3. The number of aliphatic carboxylic acids is 1. The Morgan fingerprint density at radius 2 is 1.31 bits per heavy atom. The third-order valence-electron chi connectivity index (χ3n) is 5.07. The Morgan fingerprint density at radius 1 is 0.769 bits per heavy atom. The van der Waals surface area contributed by atoms with Gasteiger partial charge in [-0.25, -0.2) is 19.2 Å². The number of benzene rings is 3. The lowest BCUT2D eigenvalue weighted by atomic mass is 10.1. The molecule has 39 heavy (non-hydrogen) atoms. The molecule has 0 saturated heterocycles. The summed E-state index contributed by atoms with van der Waals surface area (Å²) >= 11 is 12.1. The number of rotatable bonds is 10. The van der Waals surface area contributed by atoms with Crippen molar-refractivity contribution >= 4 is 58.7 Å². The van der Waals surface area contributed by atoms with Crippen LogP contribution in [0.25, 0.3) is 0 Å². The van der Waals surface area contributed by atoms with Crippen LogP contribution in [-0.4, -0.2) is 53.7 Å². The summed E-state index contributed by atoms with van der Waals surface area (Å²) in [5.41, 5.74) is -0.197. The number of hydrogen-bond donors (Lipinski definition) is 2. The number of anilines is 1. The van der Waals surface area contributed by atoms with Crippen LogP contribution in [0.2, 0.25) is 10.0 Å². The summed E-state index contributed by atoms with van der Waals surface area (Å²) in [6.07, 6.45) is -4.49. The van der Waals surface area contributed by atoms with Gasteiger partial charge in [0.2, 0.25) is 12.2 Å². The van der Waals surface area contributed by atoms with Gasteiger partial charge in [0.1, 0.15) is 0 Å². The molecule has 12 heteroatoms. The van der Waals surface area contributed by atoms with E-state index in [0.29, 0.717) is 0 Å². The maximum absolute atomic E-state index is 13.3. The fraction of sp³-hybridized carbons (Fsp3) is 0.148. The highest BCUT2D eigenvalue weighted by Gasteiger charge is 2.41. The molecule has 0 aliphatic carbocycles. The maximum Gasteiger partial charge on any atom is 0.349 e. The molecule has 10 nitrogen and oxygen atoms in total. The third kappa shape index (κ3) is 7.56. The van der Waals surface area contributed by atoms with Crippen LogP contribution in [0.15, 0.2) is 72.8 Å². The second-order valence-electron chi connectivity index (χ2n) is 7.74. The Morgan fingerprint density at radius 3 is 1.82 bits per heavy atom. The zero-order chi connectivity index (χ0) is 28.5. The predicted molar refractivity (Wildman–Crippen MR) is 140 cm³/mol. The average molecular weight is 574 g/mol. The normalized spacial score (nSPS) is 12.0. The minimum atomic E-state index is -2.30. The zero-order valence-electron chi connectivity index (χ0n) is 20.3. The molecule has 0 radical (unpaired) electrons. The van der Waals surface area contributed by atoms with Crippen LogP contribution in [0, 0.1) is 0 Å². The van der Waals surface area contributed by atoms with Crippen LogP contribution in [0.4, 0.5) is 5.69 Å². The number of carboxylic acids is 1. The van der Waals surface area contributed by atoms with Gasteiger partial charge in [-0.3, -0.25) is 4.79 Å². The molecular formula is C27H21Cl2NO9. The summed E-state index contributed by atoms with van der Waals surface area (Å²) in [6.45, 7) is 1.74. The first-order valence-electron chi connectivity index (χ1n) is 11.3. The molecule has 3 rings (SSSR count). The van der Waals surface area contributed by atoms with Crippen molar-refractivity contribution < 1.29 is 43.3 Å². The van der Waals surface area contributed by atoms with Crippen LogP contribution in [0.3, 0.4) is 0 Å². The number of amides is 1. The number of carbonyl (C=O) groups excluding carboxylic acids is 4. The molecule has 1 amide bonds. The lowest BCUT2D eigenvalue weighted by Crippen LogP contribution is -2.48. The monoisotopic (exact) mass is 573 g/mol. The van der Waals surface area contributed by atoms with E-state index >= 15 is 0 Å². The van der Waals surface area contributed by atoms with Crippen LogP contribution < -0.4 is 5.32 Å². The minimum Gasteiger partial charge on any atom is -0.478 e. The molecule has 0 spiro atoms. The third-order valence-corrected chi connectivity index (χ3v) is 5.73. The summed E-state index contributed by atoms with van der Waals surface area (Å²) in [7, 11) is 0. The first kappa shape index (κ1) is 29.2. The van der Waals surface area contributed by atoms with Gasteiger partial charge in [-0.2, -0.15) is 0 Å². The van der Waals surface area contributed by atoms with E-state index in [9.17, 15) is 29.1 Å². The van der Waals surface area contributed by atoms with Gasteiger partial charge in [-0.15, -0.1) is 0 Å². The van der Waals surface area contributed by atoms with Crippen LogP contribution in [-0.2, 0) is 23.8 Å². The van der Waals surface area contributed by atoms with E-state index in [1.165, 1.54) is 60.7 Å². The number of carbonyl (C=O) groups is 5. The molecule has 0 aliphatic heterocycles. The maximum atomic E-state index is 13.3. The molecule has 3 aromatic carbocycles. The van der Waals surface area contributed by atoms with Crippen LogP contribution in [0.5, 0.6) is 0 Å². The second-order valence-corrected chi connectivity index (χ2v) is 8.55. The second kappa shape index (κ2) is 13.4. The summed E-state index contributed by atoms with van der Waals surface area (Å²) in [5, 5.41) is 12.2. The minimum absolute atomic E-state index is 0.0243. The number of nitrogens with one attached hydrogen (secondary N) is 1. The van der Waals surface area contributed by atoms with Crippen LogP contribution >= 0.6 is 23.2 Å². The Kier molecular flexibility index (Phi) is 10.0. The van der Waals surface area contributed by atoms with Gasteiger partial charge in [0, 0.05) is 5.69 Å². The lowest BCUT2D eigenvalue weighted by Gasteiger charge is -2.24. The molecule has 2 atom stereocenters. The van der Waals surface area contributed by atoms with Crippen molar-refractivity contribution in [3.8, 4) is 0 Å². The van der Waals surface area contributed by atoms with Crippen molar-refractivity contribution in [2.24, 2.45) is 0 Å². The number of hydrogen-bond acceptors (Lipinski definition) is 8. The molecule has 202 valence electrons. The summed E-state index contributed by atoms with van der Waals surface area (Å²) in [6, 6.07) is 16.9. The molecular weight excluding hydrogens is 553 g/mol. The molecule has 0 heterocycles. The van der Waals surface area contributed by atoms with E-state index < -0.39 is 42.0 Å². The quantitative estimate of drug-likeness (QED) is 0.261. The van der Waals surface area contributed by atoms with Crippen molar-refractivity contribution in [2.75, 3.05) is 11.9 Å². The van der Waals surface area contributed by atoms with Gasteiger partial charge in [-0.1, -0.05) is 53.5 Å². The van der Waals surface area contributed by atoms with Crippen molar-refractivity contribution in [3.05, 3.63) is 99.5 Å². The molecule has 0 bridgehead atoms. The Bertz CT molecular complexity index is 1410. The van der Waals surface area contributed by atoms with Gasteiger partial charge in [0.05, 0.1) is 33.3 Å². The standard InChI is InChI=1S/C27H21Cl2NO9/c1-2-37-25(34)15-8-7-9-16(14-15)30-23(31)21(38-26(35)17-10-3-5-12-19(17)28)22(24(32)33)39-27(36)18-11-4-6-13-20(18)29/h3-14,21-22H,2H2,1H3,(H,30,31)(H,32,33)/t21-,22+/m0/s1. The van der Waals surface area contributed by atoms with E-state index in [-0.39, 0.29) is 39.0 Å². The van der Waals surface area contributed by atoms with E-state index in [0.717, 1.165) is 0 Å². The number of ether oxygens (including phenoxy) is 3. The molecule has 0 unspecified atom stereocenters. The van der Waals surface area contributed by atoms with Gasteiger partial charge >= 0.3 is 23.9 Å². The number of carboxylic acid groups (broad SMARTS) is 1. The molecule has 0 aliphatic rings. The highest BCUT2D eigenvalue weighted by atomic mass is 35.5. The highest BCUT2D eigenvalue weighted by Crippen LogP contribution is 2.22. The summed E-state index contributed by atoms with van der Waals surface area (Å²) in [4.78, 5) is 63.2. The fourth-order valence-corrected chi connectivity index (χ4v) is 3.68. The van der Waals surface area contributed by atoms with E-state index in [1.54, 1.807) is 19.1 Å². The average Bonchev–Trinajstić information content (AvgIpc) is 2.91. The Hall–Kier alpha value is -4.41. The topological polar surface area (TPSA) is 145 Å². The highest BCUT2D eigenvalue weighted by molar-refractivity contribution is 6.34. The predicted octanol–water partition coefficient (Wildman–Crippen LogP) is 4.64. The van der Waals surface area contributed by atoms with Crippen molar-refractivity contribution in [1.29, 1.82) is 0 Å². The van der Waals surface area contributed by atoms with E-state index in [1.807, 2.05) is 0 Å². The van der Waals surface area contributed by atoms with Gasteiger partial charge < -0.3 is 24.6 Å².